The Bertz CT molecular complexity index is 315. The molecule has 1 aliphatic rings. The minimum absolute atomic E-state index is 0.111. The molecule has 1 saturated heterocycles. The molecular formula is C9H16N4O2. The lowest BCUT2D eigenvalue weighted by Crippen LogP contribution is -2.19. The van der Waals surface area contributed by atoms with Crippen LogP contribution < -0.4 is 5.32 Å². The molecule has 2 rings (SSSR count). The van der Waals surface area contributed by atoms with Gasteiger partial charge in [-0.3, -0.25) is 0 Å². The van der Waals surface area contributed by atoms with Crippen LogP contribution in [-0.2, 0) is 11.3 Å². The second kappa shape index (κ2) is 4.69. The third-order valence-corrected chi connectivity index (χ3v) is 2.60. The van der Waals surface area contributed by atoms with Gasteiger partial charge in [0.05, 0.1) is 18.8 Å². The van der Waals surface area contributed by atoms with Gasteiger partial charge in [-0.05, 0) is 6.42 Å². The van der Waals surface area contributed by atoms with Crippen LogP contribution in [0.15, 0.2) is 6.33 Å². The summed E-state index contributed by atoms with van der Waals surface area (Å²) in [5.41, 5.74) is 0. The lowest BCUT2D eigenvalue weighted by atomic mass is 10.2. The van der Waals surface area contributed by atoms with Crippen molar-refractivity contribution in [1.82, 2.24) is 20.1 Å². The molecule has 2 heterocycles. The molecule has 0 saturated carbocycles. The van der Waals surface area contributed by atoms with Crippen LogP contribution in [0.2, 0.25) is 0 Å². The number of rotatable bonds is 4. The van der Waals surface area contributed by atoms with E-state index in [1.165, 1.54) is 0 Å². The highest BCUT2D eigenvalue weighted by molar-refractivity contribution is 4.99. The van der Waals surface area contributed by atoms with E-state index in [0.717, 1.165) is 12.4 Å². The topological polar surface area (TPSA) is 72.2 Å². The van der Waals surface area contributed by atoms with Crippen molar-refractivity contribution in [2.75, 3.05) is 20.3 Å². The van der Waals surface area contributed by atoms with Gasteiger partial charge in [-0.15, -0.1) is 10.2 Å². The van der Waals surface area contributed by atoms with Crippen molar-refractivity contribution in [3.63, 3.8) is 0 Å². The van der Waals surface area contributed by atoms with E-state index in [-0.39, 0.29) is 12.1 Å². The highest BCUT2D eigenvalue weighted by Gasteiger charge is 2.27. The fraction of sp³-hybridized carbons (Fsp3) is 0.778. The minimum atomic E-state index is -0.275. The normalized spacial score (nSPS) is 26.0. The Morgan fingerprint density at radius 2 is 2.60 bits per heavy atom. The van der Waals surface area contributed by atoms with Crippen LogP contribution in [0, 0.1) is 0 Å². The first kappa shape index (κ1) is 10.5. The predicted octanol–water partition coefficient (Wildman–Crippen LogP) is -0.680. The van der Waals surface area contributed by atoms with Crippen molar-refractivity contribution in [3.8, 4) is 0 Å². The molecule has 1 aromatic heterocycles. The zero-order chi connectivity index (χ0) is 10.7. The highest BCUT2D eigenvalue weighted by atomic mass is 16.5. The molecule has 1 aliphatic heterocycles. The predicted molar refractivity (Wildman–Crippen MR) is 53.3 cm³/mol. The van der Waals surface area contributed by atoms with Crippen molar-refractivity contribution in [1.29, 1.82) is 0 Å². The van der Waals surface area contributed by atoms with Crippen molar-refractivity contribution >= 4 is 0 Å². The zero-order valence-corrected chi connectivity index (χ0v) is 8.76. The molecule has 0 bridgehead atoms. The number of hydrogen-bond donors (Lipinski definition) is 2. The van der Waals surface area contributed by atoms with Crippen molar-refractivity contribution in [3.05, 3.63) is 12.2 Å². The van der Waals surface area contributed by atoms with Crippen LogP contribution in [0.5, 0.6) is 0 Å². The average molecular weight is 212 g/mol. The summed E-state index contributed by atoms with van der Waals surface area (Å²) in [4.78, 5) is 0. The molecule has 0 aromatic carbocycles. The van der Waals surface area contributed by atoms with Crippen molar-refractivity contribution < 1.29 is 9.84 Å². The monoisotopic (exact) mass is 212 g/mol. The van der Waals surface area contributed by atoms with Gasteiger partial charge in [0, 0.05) is 20.2 Å². The maximum absolute atomic E-state index is 9.42. The van der Waals surface area contributed by atoms with E-state index < -0.39 is 0 Å². The Morgan fingerprint density at radius 3 is 3.27 bits per heavy atom. The maximum Gasteiger partial charge on any atom is 0.150 e. The van der Waals surface area contributed by atoms with Gasteiger partial charge in [0.2, 0.25) is 0 Å². The van der Waals surface area contributed by atoms with Crippen LogP contribution >= 0.6 is 0 Å². The van der Waals surface area contributed by atoms with Gasteiger partial charge in [0.1, 0.15) is 12.2 Å². The standard InChI is InChI=1S/C9H16N4O2/c1-15-3-2-13-6-11-12-9(13)8-4-7(14)5-10-8/h6-8,10,14H,2-5H2,1H3. The van der Waals surface area contributed by atoms with Crippen LogP contribution in [0.4, 0.5) is 0 Å². The number of aliphatic hydroxyl groups excluding tert-OH is 1. The van der Waals surface area contributed by atoms with Crippen LogP contribution in [0.3, 0.4) is 0 Å². The molecule has 6 heteroatoms. The Labute approximate surface area is 88.3 Å². The Morgan fingerprint density at radius 1 is 1.73 bits per heavy atom. The summed E-state index contributed by atoms with van der Waals surface area (Å²) in [5, 5.41) is 20.6. The van der Waals surface area contributed by atoms with Crippen LogP contribution in [0.25, 0.3) is 0 Å². The van der Waals surface area contributed by atoms with Crippen LogP contribution in [-0.4, -0.2) is 46.2 Å². The highest BCUT2D eigenvalue weighted by Crippen LogP contribution is 2.21. The van der Waals surface area contributed by atoms with Gasteiger partial charge < -0.3 is 19.7 Å². The molecule has 15 heavy (non-hydrogen) atoms. The number of aliphatic hydroxyl groups is 1. The van der Waals surface area contributed by atoms with Crippen molar-refractivity contribution in [2.24, 2.45) is 0 Å². The molecule has 2 atom stereocenters. The van der Waals surface area contributed by atoms with E-state index in [2.05, 4.69) is 15.5 Å². The molecule has 2 unspecified atom stereocenters. The summed E-state index contributed by atoms with van der Waals surface area (Å²) in [6.07, 6.45) is 2.12. The van der Waals surface area contributed by atoms with E-state index >= 15 is 0 Å². The summed E-state index contributed by atoms with van der Waals surface area (Å²) in [6.45, 7) is 2.01. The first-order chi connectivity index (χ1) is 7.31. The van der Waals surface area contributed by atoms with Gasteiger partial charge in [-0.2, -0.15) is 0 Å². The first-order valence-electron chi connectivity index (χ1n) is 5.09. The molecule has 0 spiro atoms. The maximum atomic E-state index is 9.42. The summed E-state index contributed by atoms with van der Waals surface area (Å²) >= 11 is 0. The summed E-state index contributed by atoms with van der Waals surface area (Å²) in [7, 11) is 1.67. The summed E-state index contributed by atoms with van der Waals surface area (Å²) < 4.78 is 6.97. The second-order valence-corrected chi connectivity index (χ2v) is 3.73. The van der Waals surface area contributed by atoms with Gasteiger partial charge in [0.25, 0.3) is 0 Å². The molecule has 1 aromatic rings. The van der Waals surface area contributed by atoms with E-state index in [9.17, 15) is 5.11 Å². The lowest BCUT2D eigenvalue weighted by molar-refractivity contribution is 0.184. The third kappa shape index (κ3) is 2.34. The smallest absolute Gasteiger partial charge is 0.150 e. The molecule has 0 aliphatic carbocycles. The molecule has 6 nitrogen and oxygen atoms in total. The molecule has 1 fully saturated rings. The number of β-amino-alcohol motifs (C(OH)–C–C–N with tert-alkyl or cyclic N) is 1. The van der Waals surface area contributed by atoms with E-state index in [1.54, 1.807) is 13.4 Å². The Hall–Kier alpha value is -0.980. The molecule has 0 amide bonds. The molecule has 2 N–H and O–H groups in total. The van der Waals surface area contributed by atoms with Gasteiger partial charge in [-0.1, -0.05) is 0 Å². The largest absolute Gasteiger partial charge is 0.392 e. The minimum Gasteiger partial charge on any atom is -0.392 e. The number of methoxy groups -OCH3 is 1. The molecular weight excluding hydrogens is 196 g/mol. The van der Waals surface area contributed by atoms with E-state index in [4.69, 9.17) is 4.74 Å². The van der Waals surface area contributed by atoms with Gasteiger partial charge >= 0.3 is 0 Å². The van der Waals surface area contributed by atoms with Crippen molar-refractivity contribution in [2.45, 2.75) is 25.1 Å². The fourth-order valence-corrected chi connectivity index (χ4v) is 1.81. The third-order valence-electron chi connectivity index (χ3n) is 2.60. The molecule has 0 radical (unpaired) electrons. The fourth-order valence-electron chi connectivity index (χ4n) is 1.81. The lowest BCUT2D eigenvalue weighted by Gasteiger charge is -2.11. The number of aromatic nitrogens is 3. The Balaban J connectivity index is 2.04. The first-order valence-corrected chi connectivity index (χ1v) is 5.09. The second-order valence-electron chi connectivity index (χ2n) is 3.73. The van der Waals surface area contributed by atoms with E-state index in [1.807, 2.05) is 4.57 Å². The number of ether oxygens (including phenoxy) is 1. The number of nitrogens with one attached hydrogen (secondary N) is 1. The zero-order valence-electron chi connectivity index (χ0n) is 8.76. The summed E-state index contributed by atoms with van der Waals surface area (Å²) in [5.74, 6) is 0.878. The van der Waals surface area contributed by atoms with Gasteiger partial charge in [0.15, 0.2) is 0 Å². The average Bonchev–Trinajstić information content (AvgIpc) is 2.82. The van der Waals surface area contributed by atoms with E-state index in [0.29, 0.717) is 19.6 Å². The Kier molecular flexibility index (Phi) is 3.30. The quantitative estimate of drug-likeness (QED) is 0.692. The summed E-state index contributed by atoms with van der Waals surface area (Å²) in [6, 6.07) is 0.111. The number of nitrogens with zero attached hydrogens (tertiary/aromatic N) is 3. The van der Waals surface area contributed by atoms with Crippen LogP contribution in [0.1, 0.15) is 18.3 Å². The molecule has 84 valence electrons. The number of hydrogen-bond acceptors (Lipinski definition) is 5. The van der Waals surface area contributed by atoms with Gasteiger partial charge in [-0.25, -0.2) is 0 Å². The SMILES string of the molecule is COCCn1cnnc1C1CC(O)CN1.